The third kappa shape index (κ3) is 1.58. The lowest BCUT2D eigenvalue weighted by atomic mass is 9.82. The maximum Gasteiger partial charge on any atom is 0.0373 e. The van der Waals surface area contributed by atoms with Crippen LogP contribution in [0.15, 0.2) is 24.5 Å². The molecule has 1 aliphatic carbocycles. The van der Waals surface area contributed by atoms with Crippen LogP contribution in [0.2, 0.25) is 0 Å². The largest absolute Gasteiger partial charge is 0.382 e. The molecule has 1 fully saturated rings. The Bertz CT molecular complexity index is 239. The van der Waals surface area contributed by atoms with E-state index in [0.29, 0.717) is 6.04 Å². The molecule has 0 bridgehead atoms. The van der Waals surface area contributed by atoms with Crippen molar-refractivity contribution in [2.24, 2.45) is 5.92 Å². The molecule has 12 heavy (non-hydrogen) atoms. The van der Waals surface area contributed by atoms with E-state index in [1.807, 2.05) is 24.5 Å². The van der Waals surface area contributed by atoms with Gasteiger partial charge in [0.15, 0.2) is 0 Å². The van der Waals surface area contributed by atoms with Crippen LogP contribution in [0.3, 0.4) is 0 Å². The van der Waals surface area contributed by atoms with Gasteiger partial charge in [-0.15, -0.1) is 0 Å². The van der Waals surface area contributed by atoms with Gasteiger partial charge in [0.1, 0.15) is 0 Å². The van der Waals surface area contributed by atoms with Crippen LogP contribution in [0, 0.1) is 5.92 Å². The molecule has 1 aliphatic rings. The number of rotatable bonds is 2. The SMILES string of the molecule is CC1CC(Nc2ccncc2)C1. The summed E-state index contributed by atoms with van der Waals surface area (Å²) in [5, 5.41) is 3.47. The monoisotopic (exact) mass is 162 g/mol. The summed E-state index contributed by atoms with van der Waals surface area (Å²) in [4.78, 5) is 3.97. The Morgan fingerprint density at radius 1 is 1.33 bits per heavy atom. The molecule has 1 saturated carbocycles. The van der Waals surface area contributed by atoms with Gasteiger partial charge in [-0.25, -0.2) is 0 Å². The van der Waals surface area contributed by atoms with Crippen molar-refractivity contribution in [1.29, 1.82) is 0 Å². The molecular formula is C10H14N2. The number of aromatic nitrogens is 1. The molecule has 0 aromatic carbocycles. The van der Waals surface area contributed by atoms with E-state index in [4.69, 9.17) is 0 Å². The molecule has 64 valence electrons. The van der Waals surface area contributed by atoms with E-state index >= 15 is 0 Å². The van der Waals surface area contributed by atoms with Gasteiger partial charge in [-0.3, -0.25) is 4.98 Å². The molecule has 2 rings (SSSR count). The first kappa shape index (κ1) is 7.59. The van der Waals surface area contributed by atoms with Crippen LogP contribution in [-0.4, -0.2) is 11.0 Å². The van der Waals surface area contributed by atoms with E-state index in [-0.39, 0.29) is 0 Å². The van der Waals surface area contributed by atoms with Gasteiger partial charge in [-0.1, -0.05) is 6.92 Å². The minimum absolute atomic E-state index is 0.697. The molecule has 2 heteroatoms. The minimum atomic E-state index is 0.697. The Morgan fingerprint density at radius 3 is 2.58 bits per heavy atom. The zero-order valence-electron chi connectivity index (χ0n) is 7.33. The maximum absolute atomic E-state index is 3.97. The van der Waals surface area contributed by atoms with Crippen LogP contribution < -0.4 is 5.32 Å². The van der Waals surface area contributed by atoms with Crippen LogP contribution in [0.25, 0.3) is 0 Å². The first-order chi connectivity index (χ1) is 5.84. The summed E-state index contributed by atoms with van der Waals surface area (Å²) in [5.74, 6) is 0.907. The molecule has 0 atom stereocenters. The summed E-state index contributed by atoms with van der Waals surface area (Å²) < 4.78 is 0. The fourth-order valence-electron chi connectivity index (χ4n) is 1.70. The molecule has 1 heterocycles. The average Bonchev–Trinajstić information content (AvgIpc) is 2.04. The third-order valence-corrected chi connectivity index (χ3v) is 2.42. The van der Waals surface area contributed by atoms with Gasteiger partial charge < -0.3 is 5.32 Å². The summed E-state index contributed by atoms with van der Waals surface area (Å²) in [7, 11) is 0. The number of nitrogens with zero attached hydrogens (tertiary/aromatic N) is 1. The highest BCUT2D eigenvalue weighted by molar-refractivity contribution is 5.42. The van der Waals surface area contributed by atoms with Gasteiger partial charge in [0, 0.05) is 24.1 Å². The summed E-state index contributed by atoms with van der Waals surface area (Å²) in [6.45, 7) is 2.30. The molecule has 1 aromatic heterocycles. The molecular weight excluding hydrogens is 148 g/mol. The highest BCUT2D eigenvalue weighted by atomic mass is 14.9. The topological polar surface area (TPSA) is 24.9 Å². The lowest BCUT2D eigenvalue weighted by Gasteiger charge is -2.34. The van der Waals surface area contributed by atoms with Crippen molar-refractivity contribution in [2.75, 3.05) is 5.32 Å². The van der Waals surface area contributed by atoms with Gasteiger partial charge in [-0.2, -0.15) is 0 Å². The van der Waals surface area contributed by atoms with Crippen molar-refractivity contribution >= 4 is 5.69 Å². The number of hydrogen-bond donors (Lipinski definition) is 1. The van der Waals surface area contributed by atoms with Crippen molar-refractivity contribution in [1.82, 2.24) is 4.98 Å². The van der Waals surface area contributed by atoms with Crippen molar-refractivity contribution in [3.63, 3.8) is 0 Å². The van der Waals surface area contributed by atoms with Crippen molar-refractivity contribution in [3.05, 3.63) is 24.5 Å². The molecule has 0 saturated heterocycles. The number of nitrogens with one attached hydrogen (secondary N) is 1. The molecule has 1 N–H and O–H groups in total. The molecule has 1 aromatic rings. The van der Waals surface area contributed by atoms with E-state index in [2.05, 4.69) is 17.2 Å². The van der Waals surface area contributed by atoms with Crippen LogP contribution in [0.1, 0.15) is 19.8 Å². The van der Waals surface area contributed by atoms with Gasteiger partial charge in [-0.05, 0) is 30.9 Å². The first-order valence-corrected chi connectivity index (χ1v) is 4.51. The maximum atomic E-state index is 3.97. The van der Waals surface area contributed by atoms with Crippen molar-refractivity contribution in [3.8, 4) is 0 Å². The Morgan fingerprint density at radius 2 is 2.00 bits per heavy atom. The summed E-state index contributed by atoms with van der Waals surface area (Å²) >= 11 is 0. The second kappa shape index (κ2) is 3.13. The fourth-order valence-corrected chi connectivity index (χ4v) is 1.70. The summed E-state index contributed by atoms with van der Waals surface area (Å²) in [6, 6.07) is 4.73. The van der Waals surface area contributed by atoms with Gasteiger partial charge in [0.25, 0.3) is 0 Å². The molecule has 0 amide bonds. The van der Waals surface area contributed by atoms with Crippen LogP contribution in [0.4, 0.5) is 5.69 Å². The normalized spacial score (nSPS) is 27.8. The van der Waals surface area contributed by atoms with Gasteiger partial charge in [0.05, 0.1) is 0 Å². The highest BCUT2D eigenvalue weighted by Gasteiger charge is 2.24. The Kier molecular flexibility index (Phi) is 1.98. The summed E-state index contributed by atoms with van der Waals surface area (Å²) in [5.41, 5.74) is 1.20. The number of anilines is 1. The quantitative estimate of drug-likeness (QED) is 0.721. The van der Waals surface area contributed by atoms with Crippen LogP contribution in [0.5, 0.6) is 0 Å². The predicted octanol–water partition coefficient (Wildman–Crippen LogP) is 2.29. The molecule has 0 unspecified atom stereocenters. The molecule has 0 aliphatic heterocycles. The highest BCUT2D eigenvalue weighted by Crippen LogP contribution is 2.28. The Labute approximate surface area is 73.0 Å². The Balaban J connectivity index is 1.88. The average molecular weight is 162 g/mol. The number of pyridine rings is 1. The standard InChI is InChI=1S/C10H14N2/c1-8-6-10(7-8)12-9-2-4-11-5-3-9/h2-5,8,10H,6-7H2,1H3,(H,11,12). The van der Waals surface area contributed by atoms with Crippen LogP contribution in [-0.2, 0) is 0 Å². The van der Waals surface area contributed by atoms with Gasteiger partial charge in [0.2, 0.25) is 0 Å². The minimum Gasteiger partial charge on any atom is -0.382 e. The van der Waals surface area contributed by atoms with E-state index in [1.165, 1.54) is 18.5 Å². The lowest BCUT2D eigenvalue weighted by molar-refractivity contribution is 0.309. The van der Waals surface area contributed by atoms with E-state index < -0.39 is 0 Å². The molecule has 0 spiro atoms. The molecule has 0 radical (unpaired) electrons. The second-order valence-electron chi connectivity index (χ2n) is 3.65. The Hall–Kier alpha value is -1.05. The first-order valence-electron chi connectivity index (χ1n) is 4.51. The van der Waals surface area contributed by atoms with E-state index in [0.717, 1.165) is 5.92 Å². The van der Waals surface area contributed by atoms with E-state index in [1.54, 1.807) is 0 Å². The lowest BCUT2D eigenvalue weighted by Crippen LogP contribution is -2.33. The van der Waals surface area contributed by atoms with Crippen LogP contribution >= 0.6 is 0 Å². The van der Waals surface area contributed by atoms with Gasteiger partial charge >= 0.3 is 0 Å². The predicted molar refractivity (Wildman–Crippen MR) is 50.0 cm³/mol. The smallest absolute Gasteiger partial charge is 0.0373 e. The van der Waals surface area contributed by atoms with Crippen molar-refractivity contribution < 1.29 is 0 Å². The third-order valence-electron chi connectivity index (χ3n) is 2.42. The number of hydrogen-bond acceptors (Lipinski definition) is 2. The summed E-state index contributed by atoms with van der Waals surface area (Å²) in [6.07, 6.45) is 6.26. The van der Waals surface area contributed by atoms with Crippen molar-refractivity contribution in [2.45, 2.75) is 25.8 Å². The second-order valence-corrected chi connectivity index (χ2v) is 3.65. The van der Waals surface area contributed by atoms with E-state index in [9.17, 15) is 0 Å². The zero-order chi connectivity index (χ0) is 8.39. The molecule has 2 nitrogen and oxygen atoms in total. The zero-order valence-corrected chi connectivity index (χ0v) is 7.33. The fraction of sp³-hybridized carbons (Fsp3) is 0.500.